The minimum Gasteiger partial charge on any atom is -0.371 e. The summed E-state index contributed by atoms with van der Waals surface area (Å²) in [5.74, 6) is 0.698. The van der Waals surface area contributed by atoms with Gasteiger partial charge in [0, 0.05) is 18.8 Å². The molecule has 2 rings (SSSR count). The molecule has 1 unspecified atom stereocenters. The number of halogens is 1. The van der Waals surface area contributed by atoms with E-state index in [1.807, 2.05) is 18.2 Å². The van der Waals surface area contributed by atoms with E-state index >= 15 is 0 Å². The Morgan fingerprint density at radius 3 is 2.80 bits per heavy atom. The van der Waals surface area contributed by atoms with Gasteiger partial charge in [-0.2, -0.15) is 0 Å². The molecule has 0 bridgehead atoms. The number of nitrogens with zero attached hydrogens (tertiary/aromatic N) is 1. The summed E-state index contributed by atoms with van der Waals surface area (Å²) in [6.45, 7) is 4.26. The Hall–Kier alpha value is -1.02. The number of carbonyl (C=O) groups excluding carboxylic acids is 1. The summed E-state index contributed by atoms with van der Waals surface area (Å²) in [5.41, 5.74) is 1.59. The van der Waals surface area contributed by atoms with Crippen LogP contribution < -0.4 is 4.90 Å². The zero-order valence-electron chi connectivity index (χ0n) is 8.74. The molecule has 0 radical (unpaired) electrons. The summed E-state index contributed by atoms with van der Waals surface area (Å²) in [6.07, 6.45) is 1.19. The van der Waals surface area contributed by atoms with Crippen LogP contribution in [0.3, 0.4) is 0 Å². The third-order valence-electron chi connectivity index (χ3n) is 2.88. The molecule has 1 fully saturated rings. The third kappa shape index (κ3) is 2.15. The Morgan fingerprint density at radius 2 is 2.20 bits per heavy atom. The van der Waals surface area contributed by atoms with Gasteiger partial charge in [-0.3, -0.25) is 4.79 Å². The van der Waals surface area contributed by atoms with E-state index < -0.39 is 0 Å². The van der Waals surface area contributed by atoms with Crippen LogP contribution in [0, 0.1) is 5.92 Å². The molecule has 1 atom stereocenters. The maximum atomic E-state index is 11.2. The lowest BCUT2D eigenvalue weighted by atomic mass is 10.1. The van der Waals surface area contributed by atoms with E-state index in [-0.39, 0.29) is 5.24 Å². The van der Waals surface area contributed by atoms with Crippen molar-refractivity contribution in [1.29, 1.82) is 0 Å². The summed E-state index contributed by atoms with van der Waals surface area (Å²) < 4.78 is 0. The monoisotopic (exact) mass is 223 g/mol. The molecule has 0 amide bonds. The van der Waals surface area contributed by atoms with Crippen LogP contribution in [0.1, 0.15) is 23.7 Å². The fraction of sp³-hybridized carbons (Fsp3) is 0.417. The van der Waals surface area contributed by atoms with E-state index in [4.69, 9.17) is 11.6 Å². The highest BCUT2D eigenvalue weighted by Gasteiger charge is 2.22. The first kappa shape index (κ1) is 10.5. The summed E-state index contributed by atoms with van der Waals surface area (Å²) in [4.78, 5) is 13.5. The Labute approximate surface area is 94.8 Å². The predicted octanol–water partition coefficient (Wildman–Crippen LogP) is 2.91. The van der Waals surface area contributed by atoms with Crippen LogP contribution in [0.4, 0.5) is 5.69 Å². The van der Waals surface area contributed by atoms with Crippen LogP contribution in [0.2, 0.25) is 0 Å². The van der Waals surface area contributed by atoms with E-state index in [0.717, 1.165) is 18.8 Å². The average molecular weight is 224 g/mol. The summed E-state index contributed by atoms with van der Waals surface area (Å²) in [6, 6.07) is 7.54. The molecule has 80 valence electrons. The van der Waals surface area contributed by atoms with E-state index in [1.54, 1.807) is 6.07 Å². The zero-order valence-corrected chi connectivity index (χ0v) is 9.50. The molecule has 2 nitrogen and oxygen atoms in total. The van der Waals surface area contributed by atoms with Gasteiger partial charge in [-0.05, 0) is 36.1 Å². The van der Waals surface area contributed by atoms with Gasteiger partial charge in [0.05, 0.1) is 5.56 Å². The second-order valence-electron chi connectivity index (χ2n) is 4.13. The quantitative estimate of drug-likeness (QED) is 0.719. The van der Waals surface area contributed by atoms with Crippen molar-refractivity contribution in [2.24, 2.45) is 5.92 Å². The van der Waals surface area contributed by atoms with Gasteiger partial charge in [-0.25, -0.2) is 0 Å². The van der Waals surface area contributed by atoms with Gasteiger partial charge in [0.25, 0.3) is 5.24 Å². The van der Waals surface area contributed by atoms with E-state index in [9.17, 15) is 4.79 Å². The van der Waals surface area contributed by atoms with Crippen molar-refractivity contribution >= 4 is 22.5 Å². The smallest absolute Gasteiger partial charge is 0.254 e. The molecule has 0 N–H and O–H groups in total. The summed E-state index contributed by atoms with van der Waals surface area (Å²) in [5, 5.41) is -0.370. The maximum absolute atomic E-state index is 11.2. The number of para-hydroxylation sites is 1. The van der Waals surface area contributed by atoms with Crippen molar-refractivity contribution in [3.63, 3.8) is 0 Å². The van der Waals surface area contributed by atoms with Gasteiger partial charge in [0.15, 0.2) is 0 Å². The van der Waals surface area contributed by atoms with Crippen LogP contribution in [-0.2, 0) is 0 Å². The molecule has 0 aliphatic carbocycles. The lowest BCUT2D eigenvalue weighted by Crippen LogP contribution is -2.21. The predicted molar refractivity (Wildman–Crippen MR) is 62.6 cm³/mol. The van der Waals surface area contributed by atoms with E-state index in [2.05, 4.69) is 11.8 Å². The molecule has 1 saturated heterocycles. The minimum absolute atomic E-state index is 0.370. The average Bonchev–Trinajstić information content (AvgIpc) is 2.65. The van der Waals surface area contributed by atoms with Gasteiger partial charge >= 0.3 is 0 Å². The highest BCUT2D eigenvalue weighted by atomic mass is 35.5. The van der Waals surface area contributed by atoms with Crippen molar-refractivity contribution in [3.8, 4) is 0 Å². The SMILES string of the molecule is CC1CCN(c2ccccc2C(=O)Cl)C1. The molecule has 1 aromatic carbocycles. The van der Waals surface area contributed by atoms with E-state index in [0.29, 0.717) is 11.5 Å². The van der Waals surface area contributed by atoms with Gasteiger partial charge < -0.3 is 4.90 Å². The first-order valence-corrected chi connectivity index (χ1v) is 5.60. The van der Waals surface area contributed by atoms with Crippen LogP contribution >= 0.6 is 11.6 Å². The number of hydrogen-bond acceptors (Lipinski definition) is 2. The number of benzene rings is 1. The molecule has 1 aliphatic heterocycles. The van der Waals surface area contributed by atoms with Crippen LogP contribution in [0.25, 0.3) is 0 Å². The molecule has 0 spiro atoms. The third-order valence-corrected chi connectivity index (χ3v) is 3.08. The molecule has 0 saturated carbocycles. The fourth-order valence-corrected chi connectivity index (χ4v) is 2.23. The van der Waals surface area contributed by atoms with Crippen LogP contribution in [0.15, 0.2) is 24.3 Å². The van der Waals surface area contributed by atoms with Crippen molar-refractivity contribution in [2.75, 3.05) is 18.0 Å². The molecule has 1 aromatic rings. The number of carbonyl (C=O) groups is 1. The summed E-state index contributed by atoms with van der Waals surface area (Å²) >= 11 is 5.56. The van der Waals surface area contributed by atoms with Crippen LogP contribution in [-0.4, -0.2) is 18.3 Å². The topological polar surface area (TPSA) is 20.3 Å². The number of anilines is 1. The van der Waals surface area contributed by atoms with Crippen molar-refractivity contribution in [2.45, 2.75) is 13.3 Å². The summed E-state index contributed by atoms with van der Waals surface area (Å²) in [7, 11) is 0. The largest absolute Gasteiger partial charge is 0.371 e. The molecular formula is C12H14ClNO. The Balaban J connectivity index is 2.31. The molecule has 1 heterocycles. The van der Waals surface area contributed by atoms with Gasteiger partial charge in [-0.1, -0.05) is 19.1 Å². The molecular weight excluding hydrogens is 210 g/mol. The maximum Gasteiger partial charge on any atom is 0.254 e. The van der Waals surface area contributed by atoms with Gasteiger partial charge in [-0.15, -0.1) is 0 Å². The van der Waals surface area contributed by atoms with Crippen molar-refractivity contribution in [1.82, 2.24) is 0 Å². The lowest BCUT2D eigenvalue weighted by Gasteiger charge is -2.20. The Morgan fingerprint density at radius 1 is 1.47 bits per heavy atom. The van der Waals surface area contributed by atoms with Crippen LogP contribution in [0.5, 0.6) is 0 Å². The Bertz CT molecular complexity index is 378. The normalized spacial score (nSPS) is 20.7. The minimum atomic E-state index is -0.370. The lowest BCUT2D eigenvalue weighted by molar-refractivity contribution is 0.108. The zero-order chi connectivity index (χ0) is 10.8. The molecule has 0 aromatic heterocycles. The standard InChI is InChI=1S/C12H14ClNO/c1-9-6-7-14(8-9)11-5-3-2-4-10(11)12(13)15/h2-5,9H,6-8H2,1H3. The van der Waals surface area contributed by atoms with Gasteiger partial charge in [0.1, 0.15) is 0 Å². The Kier molecular flexibility index (Phi) is 2.96. The first-order valence-electron chi connectivity index (χ1n) is 5.22. The first-order chi connectivity index (χ1) is 7.18. The second kappa shape index (κ2) is 4.23. The van der Waals surface area contributed by atoms with Gasteiger partial charge in [0.2, 0.25) is 0 Å². The highest BCUT2D eigenvalue weighted by Crippen LogP contribution is 2.27. The molecule has 3 heteroatoms. The fourth-order valence-electron chi connectivity index (χ4n) is 2.07. The molecule has 1 aliphatic rings. The van der Waals surface area contributed by atoms with Crippen molar-refractivity contribution < 1.29 is 4.79 Å². The second-order valence-corrected chi connectivity index (χ2v) is 4.47. The molecule has 15 heavy (non-hydrogen) atoms. The number of hydrogen-bond donors (Lipinski definition) is 0. The van der Waals surface area contributed by atoms with E-state index in [1.165, 1.54) is 6.42 Å². The highest BCUT2D eigenvalue weighted by molar-refractivity contribution is 6.68. The van der Waals surface area contributed by atoms with Crippen molar-refractivity contribution in [3.05, 3.63) is 29.8 Å². The number of rotatable bonds is 2.